The summed E-state index contributed by atoms with van der Waals surface area (Å²) in [4.78, 5) is 22.0. The molecule has 7 heteroatoms. The van der Waals surface area contributed by atoms with Crippen LogP contribution in [0, 0.1) is 0 Å². The Morgan fingerprint density at radius 3 is 2.50 bits per heavy atom. The first kappa shape index (κ1) is 23.2. The third-order valence-corrected chi connectivity index (χ3v) is 4.83. The zero-order valence-electron chi connectivity index (χ0n) is 15.4. The number of halogens is 1. The zero-order valence-corrected chi connectivity index (χ0v) is 18.6. The van der Waals surface area contributed by atoms with Gasteiger partial charge in [0.25, 0.3) is 0 Å². The van der Waals surface area contributed by atoms with Crippen molar-refractivity contribution in [3.8, 4) is 0 Å². The highest BCUT2D eigenvalue weighted by Gasteiger charge is 2.15. The summed E-state index contributed by atoms with van der Waals surface area (Å²) in [6.07, 6.45) is 0. The minimum absolute atomic E-state index is 0. The number of carbonyl (C=O) groups is 1. The van der Waals surface area contributed by atoms with Gasteiger partial charge in [-0.2, -0.15) is 0 Å². The molecule has 138 valence electrons. The molecule has 1 N–H and O–H groups in total. The summed E-state index contributed by atoms with van der Waals surface area (Å²) in [7, 11) is 1.92. The predicted molar refractivity (Wildman–Crippen MR) is 115 cm³/mol. The predicted octanol–water partition coefficient (Wildman–Crippen LogP) is 3.24. The van der Waals surface area contributed by atoms with Crippen LogP contribution in [0.1, 0.15) is 38.5 Å². The van der Waals surface area contributed by atoms with Gasteiger partial charge in [-0.1, -0.05) is 13.0 Å². The summed E-state index contributed by atoms with van der Waals surface area (Å²) < 4.78 is 0. The van der Waals surface area contributed by atoms with Crippen LogP contribution in [-0.4, -0.2) is 61.4 Å². The van der Waals surface area contributed by atoms with Crippen LogP contribution in [0.15, 0.2) is 22.5 Å². The first-order chi connectivity index (χ1) is 11.0. The SMILES string of the molecule is CCNC(=NCC(C)c1cccs1)N(C)CC(=O)N(CC)CC.I. The molecule has 1 aromatic rings. The highest BCUT2D eigenvalue weighted by molar-refractivity contribution is 14.0. The maximum Gasteiger partial charge on any atom is 0.242 e. The molecule has 1 amide bonds. The molecule has 0 radical (unpaired) electrons. The van der Waals surface area contributed by atoms with Gasteiger partial charge in [-0.3, -0.25) is 9.79 Å². The van der Waals surface area contributed by atoms with Gasteiger partial charge < -0.3 is 15.1 Å². The van der Waals surface area contributed by atoms with Crippen molar-refractivity contribution in [2.75, 3.05) is 39.8 Å². The van der Waals surface area contributed by atoms with Gasteiger partial charge in [0, 0.05) is 37.5 Å². The van der Waals surface area contributed by atoms with Gasteiger partial charge in [-0.05, 0) is 32.2 Å². The first-order valence-corrected chi connectivity index (χ1v) is 9.21. The lowest BCUT2D eigenvalue weighted by atomic mass is 10.1. The third-order valence-electron chi connectivity index (χ3n) is 3.73. The van der Waals surface area contributed by atoms with E-state index < -0.39 is 0 Å². The van der Waals surface area contributed by atoms with Crippen LogP contribution in [0.25, 0.3) is 0 Å². The zero-order chi connectivity index (χ0) is 17.2. The molecule has 1 heterocycles. The van der Waals surface area contributed by atoms with Crippen LogP contribution in [0.4, 0.5) is 0 Å². The molecule has 0 saturated carbocycles. The monoisotopic (exact) mass is 466 g/mol. The van der Waals surface area contributed by atoms with Gasteiger partial charge in [0.15, 0.2) is 5.96 Å². The Balaban J connectivity index is 0.00000529. The summed E-state index contributed by atoms with van der Waals surface area (Å²) in [5.74, 6) is 1.31. The standard InChI is InChI=1S/C17H30N4OS.HI/c1-6-18-17(19-12-14(4)15-10-9-11-23-15)20(5)13-16(22)21(7-2)8-3;/h9-11,14H,6-8,12-13H2,1-5H3,(H,18,19);1H. The summed E-state index contributed by atoms with van der Waals surface area (Å²) in [5.41, 5.74) is 0. The van der Waals surface area contributed by atoms with E-state index >= 15 is 0 Å². The van der Waals surface area contributed by atoms with Gasteiger partial charge in [-0.25, -0.2) is 0 Å². The average Bonchev–Trinajstić information content (AvgIpc) is 3.06. The van der Waals surface area contributed by atoms with Crippen molar-refractivity contribution in [3.63, 3.8) is 0 Å². The summed E-state index contributed by atoms with van der Waals surface area (Å²) in [6.45, 7) is 11.6. The smallest absolute Gasteiger partial charge is 0.242 e. The number of likely N-dealkylation sites (N-methyl/N-ethyl adjacent to an activating group) is 2. The maximum absolute atomic E-state index is 12.3. The Morgan fingerprint density at radius 2 is 2.00 bits per heavy atom. The van der Waals surface area contributed by atoms with Crippen LogP contribution in [0.2, 0.25) is 0 Å². The molecule has 0 bridgehead atoms. The number of hydrogen-bond donors (Lipinski definition) is 1. The van der Waals surface area contributed by atoms with Crippen molar-refractivity contribution in [1.29, 1.82) is 0 Å². The largest absolute Gasteiger partial charge is 0.357 e. The second-order valence-corrected chi connectivity index (χ2v) is 6.51. The normalized spacial score (nSPS) is 12.3. The molecule has 0 aliphatic heterocycles. The van der Waals surface area contributed by atoms with Gasteiger partial charge in [0.1, 0.15) is 0 Å². The van der Waals surface area contributed by atoms with E-state index in [1.54, 1.807) is 11.3 Å². The lowest BCUT2D eigenvalue weighted by Gasteiger charge is -2.26. The fraction of sp³-hybridized carbons (Fsp3) is 0.647. The topological polar surface area (TPSA) is 47.9 Å². The van der Waals surface area contributed by atoms with Gasteiger partial charge in [-0.15, -0.1) is 35.3 Å². The number of nitrogens with zero attached hydrogens (tertiary/aromatic N) is 3. The van der Waals surface area contributed by atoms with E-state index in [9.17, 15) is 4.79 Å². The number of guanidine groups is 1. The molecule has 0 saturated heterocycles. The van der Waals surface area contributed by atoms with E-state index in [0.717, 1.165) is 25.6 Å². The molecular formula is C17H31IN4OS. The highest BCUT2D eigenvalue weighted by Crippen LogP contribution is 2.20. The number of hydrogen-bond acceptors (Lipinski definition) is 3. The number of nitrogens with one attached hydrogen (secondary N) is 1. The Hall–Kier alpha value is -0.830. The Bertz CT molecular complexity index is 489. The number of thiophene rings is 1. The molecule has 1 unspecified atom stereocenters. The molecule has 0 aliphatic rings. The summed E-state index contributed by atoms with van der Waals surface area (Å²) in [6, 6.07) is 4.21. The lowest BCUT2D eigenvalue weighted by Crippen LogP contribution is -2.45. The quantitative estimate of drug-likeness (QED) is 0.364. The molecule has 0 spiro atoms. The molecular weight excluding hydrogens is 435 g/mol. The molecule has 1 aromatic heterocycles. The van der Waals surface area contributed by atoms with Gasteiger partial charge in [0.2, 0.25) is 5.91 Å². The first-order valence-electron chi connectivity index (χ1n) is 8.33. The molecule has 24 heavy (non-hydrogen) atoms. The minimum Gasteiger partial charge on any atom is -0.357 e. The van der Waals surface area contributed by atoms with Crippen LogP contribution in [-0.2, 0) is 4.79 Å². The molecule has 5 nitrogen and oxygen atoms in total. The van der Waals surface area contributed by atoms with E-state index in [-0.39, 0.29) is 29.9 Å². The summed E-state index contributed by atoms with van der Waals surface area (Å²) in [5, 5.41) is 5.36. The fourth-order valence-corrected chi connectivity index (χ4v) is 3.09. The Kier molecular flexibility index (Phi) is 12.1. The third kappa shape index (κ3) is 7.38. The van der Waals surface area contributed by atoms with Gasteiger partial charge >= 0.3 is 0 Å². The summed E-state index contributed by atoms with van der Waals surface area (Å²) >= 11 is 1.76. The van der Waals surface area contributed by atoms with Crippen molar-refractivity contribution in [2.24, 2.45) is 4.99 Å². The van der Waals surface area contributed by atoms with Crippen LogP contribution < -0.4 is 5.32 Å². The number of carbonyl (C=O) groups excluding carboxylic acids is 1. The van der Waals surface area contributed by atoms with E-state index in [1.807, 2.05) is 37.6 Å². The molecule has 0 fully saturated rings. The lowest BCUT2D eigenvalue weighted by molar-refractivity contribution is -0.131. The van der Waals surface area contributed by atoms with Crippen LogP contribution in [0.5, 0.6) is 0 Å². The van der Waals surface area contributed by atoms with E-state index in [1.165, 1.54) is 4.88 Å². The second-order valence-electron chi connectivity index (χ2n) is 5.53. The van der Waals surface area contributed by atoms with E-state index in [4.69, 9.17) is 4.99 Å². The molecule has 0 aromatic carbocycles. The molecule has 0 aliphatic carbocycles. The van der Waals surface area contributed by atoms with Crippen LogP contribution >= 0.6 is 35.3 Å². The maximum atomic E-state index is 12.3. The van der Waals surface area contributed by atoms with Crippen LogP contribution in [0.3, 0.4) is 0 Å². The van der Waals surface area contributed by atoms with Crippen molar-refractivity contribution >= 4 is 47.2 Å². The van der Waals surface area contributed by atoms with Crippen molar-refractivity contribution < 1.29 is 4.79 Å². The van der Waals surface area contributed by atoms with Crippen molar-refractivity contribution in [2.45, 2.75) is 33.6 Å². The van der Waals surface area contributed by atoms with E-state index in [2.05, 4.69) is 29.8 Å². The highest BCUT2D eigenvalue weighted by atomic mass is 127. The second kappa shape index (κ2) is 12.5. The fourth-order valence-electron chi connectivity index (χ4n) is 2.31. The molecule has 1 atom stereocenters. The molecule has 1 rings (SSSR count). The average molecular weight is 466 g/mol. The van der Waals surface area contributed by atoms with Gasteiger partial charge in [0.05, 0.1) is 13.1 Å². The number of amides is 1. The van der Waals surface area contributed by atoms with E-state index in [0.29, 0.717) is 19.0 Å². The van der Waals surface area contributed by atoms with Crippen molar-refractivity contribution in [3.05, 3.63) is 22.4 Å². The Labute approximate surface area is 167 Å². The minimum atomic E-state index is 0. The number of rotatable bonds is 8. The number of aliphatic imine (C=N–C) groups is 1. The van der Waals surface area contributed by atoms with Crippen molar-refractivity contribution in [1.82, 2.24) is 15.1 Å². The Morgan fingerprint density at radius 1 is 1.33 bits per heavy atom.